The van der Waals surface area contributed by atoms with Crippen molar-refractivity contribution in [2.75, 3.05) is 11.5 Å². The Kier molecular flexibility index (Phi) is 4.58. The molecule has 4 nitrogen and oxygen atoms in total. The summed E-state index contributed by atoms with van der Waals surface area (Å²) in [7, 11) is 0. The van der Waals surface area contributed by atoms with Crippen LogP contribution in [0, 0.1) is 0 Å². The molecule has 1 aliphatic rings. The van der Waals surface area contributed by atoms with Crippen LogP contribution < -0.4 is 9.64 Å². The summed E-state index contributed by atoms with van der Waals surface area (Å²) in [5, 5.41) is 0.459. The molecular weight excluding hydrogens is 326 g/mol. The van der Waals surface area contributed by atoms with Crippen LogP contribution in [-0.4, -0.2) is 24.3 Å². The second-order valence-electron chi connectivity index (χ2n) is 5.93. The van der Waals surface area contributed by atoms with Crippen LogP contribution >= 0.6 is 11.6 Å². The van der Waals surface area contributed by atoms with E-state index in [0.29, 0.717) is 16.3 Å². The molecule has 2 aromatic rings. The van der Waals surface area contributed by atoms with E-state index >= 15 is 0 Å². The second-order valence-corrected chi connectivity index (χ2v) is 6.37. The van der Waals surface area contributed by atoms with Gasteiger partial charge in [-0.1, -0.05) is 29.8 Å². The highest BCUT2D eigenvalue weighted by Crippen LogP contribution is 2.32. The van der Waals surface area contributed by atoms with Crippen molar-refractivity contribution in [3.63, 3.8) is 0 Å². The Hall–Kier alpha value is -2.33. The van der Waals surface area contributed by atoms with Crippen molar-refractivity contribution in [2.24, 2.45) is 0 Å². The fourth-order valence-electron chi connectivity index (χ4n) is 3.06. The molecule has 0 unspecified atom stereocenters. The third-order valence-corrected chi connectivity index (χ3v) is 4.38. The smallest absolute Gasteiger partial charge is 0.265 e. The molecule has 0 N–H and O–H groups in total. The highest BCUT2D eigenvalue weighted by molar-refractivity contribution is 6.31. The zero-order valence-corrected chi connectivity index (χ0v) is 14.3. The van der Waals surface area contributed by atoms with Crippen LogP contribution in [0.5, 0.6) is 5.75 Å². The first-order valence-electron chi connectivity index (χ1n) is 7.80. The lowest BCUT2D eigenvalue weighted by molar-refractivity contribution is -0.120. The summed E-state index contributed by atoms with van der Waals surface area (Å²) in [6.45, 7) is 3.33. The van der Waals surface area contributed by atoms with Crippen molar-refractivity contribution in [1.82, 2.24) is 0 Å². The molecule has 0 aliphatic carbocycles. The summed E-state index contributed by atoms with van der Waals surface area (Å²) < 4.78 is 5.62. The number of halogens is 1. The van der Waals surface area contributed by atoms with Crippen LogP contribution in [0.1, 0.15) is 29.8 Å². The zero-order valence-electron chi connectivity index (χ0n) is 13.6. The predicted octanol–water partition coefficient (Wildman–Crippen LogP) is 3.90. The fourth-order valence-corrected chi connectivity index (χ4v) is 3.23. The first-order chi connectivity index (χ1) is 11.5. The van der Waals surface area contributed by atoms with Crippen LogP contribution in [0.25, 0.3) is 0 Å². The molecule has 0 aromatic heterocycles. The first kappa shape index (κ1) is 16.5. The molecule has 24 heavy (non-hydrogen) atoms. The normalized spacial score (nSPS) is 16.0. The van der Waals surface area contributed by atoms with Crippen LogP contribution in [0.2, 0.25) is 5.02 Å². The summed E-state index contributed by atoms with van der Waals surface area (Å²) in [6.07, 6.45) is 0.835. The summed E-state index contributed by atoms with van der Waals surface area (Å²) in [5.41, 5.74) is 2.47. The Morgan fingerprint density at radius 1 is 1.25 bits per heavy atom. The van der Waals surface area contributed by atoms with E-state index in [9.17, 15) is 9.59 Å². The molecule has 0 spiro atoms. The number of benzene rings is 2. The molecule has 1 atom stereocenters. The first-order valence-corrected chi connectivity index (χ1v) is 8.18. The van der Waals surface area contributed by atoms with Gasteiger partial charge in [0.05, 0.1) is 5.56 Å². The standard InChI is InChI=1S/C19H18ClNO3/c1-12-9-14-5-3-4-6-17(14)21(12)19(23)11-24-18-8-7-15(20)10-16(18)13(2)22/h3-8,10,12H,9,11H2,1-2H3/t12-/m1/s1. The SMILES string of the molecule is CC(=O)c1cc(Cl)ccc1OCC(=O)N1c2ccccc2C[C@H]1C. The van der Waals surface area contributed by atoms with Gasteiger partial charge in [0.2, 0.25) is 0 Å². The minimum Gasteiger partial charge on any atom is -0.483 e. The largest absolute Gasteiger partial charge is 0.483 e. The molecule has 1 amide bonds. The van der Waals surface area contributed by atoms with Gasteiger partial charge >= 0.3 is 0 Å². The minimum atomic E-state index is -0.153. The van der Waals surface area contributed by atoms with E-state index in [1.807, 2.05) is 31.2 Å². The maximum absolute atomic E-state index is 12.6. The number of carbonyl (C=O) groups is 2. The molecule has 0 saturated heterocycles. The van der Waals surface area contributed by atoms with Crippen molar-refractivity contribution in [3.05, 3.63) is 58.6 Å². The molecular formula is C19H18ClNO3. The van der Waals surface area contributed by atoms with Gasteiger partial charge in [0, 0.05) is 16.8 Å². The molecule has 1 heterocycles. The Balaban J connectivity index is 1.76. The van der Waals surface area contributed by atoms with E-state index < -0.39 is 0 Å². The molecule has 124 valence electrons. The Morgan fingerprint density at radius 2 is 2.00 bits per heavy atom. The number of carbonyl (C=O) groups excluding carboxylic acids is 2. The van der Waals surface area contributed by atoms with Gasteiger partial charge in [-0.3, -0.25) is 9.59 Å². The number of Topliss-reactive ketones (excluding diaryl/α,β-unsaturated/α-hetero) is 1. The lowest BCUT2D eigenvalue weighted by atomic mass is 10.1. The van der Waals surface area contributed by atoms with Crippen LogP contribution in [-0.2, 0) is 11.2 Å². The van der Waals surface area contributed by atoms with Gasteiger partial charge in [-0.15, -0.1) is 0 Å². The average Bonchev–Trinajstić information content (AvgIpc) is 2.89. The Labute approximate surface area is 146 Å². The van der Waals surface area contributed by atoms with Gasteiger partial charge in [-0.05, 0) is 50.1 Å². The lowest BCUT2D eigenvalue weighted by Crippen LogP contribution is -2.39. The number of hydrogen-bond donors (Lipinski definition) is 0. The van der Waals surface area contributed by atoms with Crippen LogP contribution in [0.3, 0.4) is 0 Å². The number of hydrogen-bond acceptors (Lipinski definition) is 3. The molecule has 0 radical (unpaired) electrons. The third-order valence-electron chi connectivity index (χ3n) is 4.15. The van der Waals surface area contributed by atoms with Crippen LogP contribution in [0.15, 0.2) is 42.5 Å². The van der Waals surface area contributed by atoms with Crippen molar-refractivity contribution < 1.29 is 14.3 Å². The maximum atomic E-state index is 12.6. The van der Waals surface area contributed by atoms with E-state index in [-0.39, 0.29) is 24.3 Å². The van der Waals surface area contributed by atoms with E-state index in [1.54, 1.807) is 23.1 Å². The van der Waals surface area contributed by atoms with Gasteiger partial charge < -0.3 is 9.64 Å². The van der Waals surface area contributed by atoms with Crippen molar-refractivity contribution in [3.8, 4) is 5.75 Å². The number of rotatable bonds is 4. The number of amides is 1. The molecule has 1 aliphatic heterocycles. The highest BCUT2D eigenvalue weighted by Gasteiger charge is 2.30. The monoisotopic (exact) mass is 343 g/mol. The molecule has 3 rings (SSSR count). The predicted molar refractivity (Wildman–Crippen MR) is 94.0 cm³/mol. The minimum absolute atomic E-state index is 0.0935. The second kappa shape index (κ2) is 6.65. The number of nitrogens with zero attached hydrogens (tertiary/aromatic N) is 1. The number of ether oxygens (including phenoxy) is 1. The third kappa shape index (κ3) is 3.15. The summed E-state index contributed by atoms with van der Waals surface area (Å²) in [5.74, 6) is 0.0946. The van der Waals surface area contributed by atoms with Crippen LogP contribution in [0.4, 0.5) is 5.69 Å². The summed E-state index contributed by atoms with van der Waals surface area (Å²) in [4.78, 5) is 26.1. The maximum Gasteiger partial charge on any atom is 0.265 e. The van der Waals surface area contributed by atoms with Crippen molar-refractivity contribution in [2.45, 2.75) is 26.3 Å². The fraction of sp³-hybridized carbons (Fsp3) is 0.263. The van der Waals surface area contributed by atoms with Gasteiger partial charge in [-0.2, -0.15) is 0 Å². The summed E-state index contributed by atoms with van der Waals surface area (Å²) in [6, 6.07) is 12.8. The van der Waals surface area contributed by atoms with E-state index in [1.165, 1.54) is 6.92 Å². The van der Waals surface area contributed by atoms with Gasteiger partial charge in [0.25, 0.3) is 5.91 Å². The molecule has 0 saturated carbocycles. The number of fused-ring (bicyclic) bond motifs is 1. The Bertz CT molecular complexity index is 803. The quantitative estimate of drug-likeness (QED) is 0.791. The van der Waals surface area contributed by atoms with Gasteiger partial charge in [0.1, 0.15) is 5.75 Å². The molecule has 5 heteroatoms. The summed E-state index contributed by atoms with van der Waals surface area (Å²) >= 11 is 5.92. The van der Waals surface area contributed by atoms with Gasteiger partial charge in [0.15, 0.2) is 12.4 Å². The van der Waals surface area contributed by atoms with Crippen molar-refractivity contribution >= 4 is 29.0 Å². The van der Waals surface area contributed by atoms with E-state index in [0.717, 1.165) is 17.7 Å². The van der Waals surface area contributed by atoms with E-state index in [4.69, 9.17) is 16.3 Å². The molecule has 0 bridgehead atoms. The number of ketones is 1. The zero-order chi connectivity index (χ0) is 17.3. The number of para-hydroxylation sites is 1. The Morgan fingerprint density at radius 3 is 2.75 bits per heavy atom. The molecule has 2 aromatic carbocycles. The van der Waals surface area contributed by atoms with E-state index in [2.05, 4.69) is 0 Å². The number of anilines is 1. The van der Waals surface area contributed by atoms with Gasteiger partial charge in [-0.25, -0.2) is 0 Å². The average molecular weight is 344 g/mol. The van der Waals surface area contributed by atoms with Crippen molar-refractivity contribution in [1.29, 1.82) is 0 Å². The lowest BCUT2D eigenvalue weighted by Gasteiger charge is -2.23. The highest BCUT2D eigenvalue weighted by atomic mass is 35.5. The molecule has 0 fully saturated rings. The topological polar surface area (TPSA) is 46.6 Å².